The summed E-state index contributed by atoms with van der Waals surface area (Å²) >= 11 is 0. The number of nitrogens with two attached hydrogens (primary N) is 1. The van der Waals surface area contributed by atoms with E-state index in [2.05, 4.69) is 4.98 Å². The summed E-state index contributed by atoms with van der Waals surface area (Å²) in [5.41, 5.74) is 6.92. The monoisotopic (exact) mass is 286 g/mol. The van der Waals surface area contributed by atoms with Crippen molar-refractivity contribution in [3.05, 3.63) is 57.4 Å². The van der Waals surface area contributed by atoms with Gasteiger partial charge in [0.1, 0.15) is 17.3 Å². The van der Waals surface area contributed by atoms with Crippen LogP contribution in [0.25, 0.3) is 0 Å². The van der Waals surface area contributed by atoms with Crippen LogP contribution in [0.3, 0.4) is 0 Å². The van der Waals surface area contributed by atoms with Crippen LogP contribution in [0.5, 0.6) is 11.5 Å². The molecule has 0 aliphatic carbocycles. The standard InChI is InChI=1S/C14H14N4O3/c1-8-6-9(2)12(7-10(8)18(19)20)21-11-4-3-5-17-13(11)14(15)16/h3-7H,1-2H3,(H3,15,16). The van der Waals surface area contributed by atoms with Crippen LogP contribution >= 0.6 is 0 Å². The smallest absolute Gasteiger partial charge is 0.276 e. The van der Waals surface area contributed by atoms with Crippen molar-refractivity contribution >= 4 is 11.5 Å². The van der Waals surface area contributed by atoms with Gasteiger partial charge in [-0.3, -0.25) is 15.5 Å². The maximum absolute atomic E-state index is 11.0. The van der Waals surface area contributed by atoms with Gasteiger partial charge in [0.25, 0.3) is 5.69 Å². The van der Waals surface area contributed by atoms with Gasteiger partial charge in [-0.2, -0.15) is 0 Å². The van der Waals surface area contributed by atoms with Gasteiger partial charge in [0.2, 0.25) is 0 Å². The Balaban J connectivity index is 2.47. The molecule has 1 heterocycles. The molecule has 0 atom stereocenters. The Bertz CT molecular complexity index is 728. The molecular weight excluding hydrogens is 272 g/mol. The number of nitrogens with one attached hydrogen (secondary N) is 1. The Labute approximate surface area is 121 Å². The van der Waals surface area contributed by atoms with Crippen molar-refractivity contribution in [1.29, 1.82) is 5.41 Å². The summed E-state index contributed by atoms with van der Waals surface area (Å²) in [6.07, 6.45) is 1.49. The van der Waals surface area contributed by atoms with Gasteiger partial charge in [-0.1, -0.05) is 0 Å². The minimum absolute atomic E-state index is 0.0242. The number of hydrogen-bond donors (Lipinski definition) is 2. The summed E-state index contributed by atoms with van der Waals surface area (Å²) in [4.78, 5) is 14.5. The second kappa shape index (κ2) is 5.58. The average molecular weight is 286 g/mol. The molecule has 2 rings (SSSR count). The third kappa shape index (κ3) is 2.97. The highest BCUT2D eigenvalue weighted by Gasteiger charge is 2.16. The summed E-state index contributed by atoms with van der Waals surface area (Å²) in [6, 6.07) is 6.29. The highest BCUT2D eigenvalue weighted by molar-refractivity contribution is 5.95. The highest BCUT2D eigenvalue weighted by Crippen LogP contribution is 2.32. The van der Waals surface area contributed by atoms with Crippen molar-refractivity contribution in [2.75, 3.05) is 0 Å². The van der Waals surface area contributed by atoms with Crippen molar-refractivity contribution in [2.45, 2.75) is 13.8 Å². The Kier molecular flexibility index (Phi) is 3.84. The summed E-state index contributed by atoms with van der Waals surface area (Å²) in [6.45, 7) is 3.45. The second-order valence-corrected chi connectivity index (χ2v) is 4.53. The van der Waals surface area contributed by atoms with Gasteiger partial charge in [0.05, 0.1) is 11.0 Å². The fraction of sp³-hybridized carbons (Fsp3) is 0.143. The quantitative estimate of drug-likeness (QED) is 0.388. The van der Waals surface area contributed by atoms with Crippen molar-refractivity contribution in [3.8, 4) is 11.5 Å². The maximum Gasteiger partial charge on any atom is 0.276 e. The van der Waals surface area contributed by atoms with E-state index in [1.807, 2.05) is 0 Å². The molecule has 2 aromatic rings. The fourth-order valence-corrected chi connectivity index (χ4v) is 1.92. The average Bonchev–Trinajstić information content (AvgIpc) is 2.41. The largest absolute Gasteiger partial charge is 0.454 e. The van der Waals surface area contributed by atoms with Crippen LogP contribution < -0.4 is 10.5 Å². The number of pyridine rings is 1. The predicted octanol–water partition coefficient (Wildman–Crippen LogP) is 2.68. The van der Waals surface area contributed by atoms with Crippen LogP contribution in [-0.4, -0.2) is 15.7 Å². The molecule has 0 spiro atoms. The number of ether oxygens (including phenoxy) is 1. The van der Waals surface area contributed by atoms with Crippen molar-refractivity contribution in [3.63, 3.8) is 0 Å². The Morgan fingerprint density at radius 3 is 2.67 bits per heavy atom. The first kappa shape index (κ1) is 14.4. The molecule has 7 heteroatoms. The van der Waals surface area contributed by atoms with E-state index in [1.54, 1.807) is 32.0 Å². The molecule has 0 unspecified atom stereocenters. The first-order chi connectivity index (χ1) is 9.90. The zero-order valence-electron chi connectivity index (χ0n) is 11.6. The molecule has 7 nitrogen and oxygen atoms in total. The topological polar surface area (TPSA) is 115 Å². The van der Waals surface area contributed by atoms with E-state index in [0.717, 1.165) is 5.56 Å². The molecule has 108 valence electrons. The molecule has 0 aliphatic rings. The van der Waals surface area contributed by atoms with E-state index in [9.17, 15) is 10.1 Å². The molecule has 0 amide bonds. The molecule has 0 saturated carbocycles. The molecule has 0 bridgehead atoms. The molecular formula is C14H14N4O3. The molecule has 0 fully saturated rings. The van der Waals surface area contributed by atoms with Crippen LogP contribution in [0, 0.1) is 29.4 Å². The van der Waals surface area contributed by atoms with E-state index in [4.69, 9.17) is 15.9 Å². The first-order valence-electron chi connectivity index (χ1n) is 6.13. The SMILES string of the molecule is Cc1cc(C)c([N+](=O)[O-])cc1Oc1cccnc1C(=N)N. The Morgan fingerprint density at radius 1 is 1.33 bits per heavy atom. The molecule has 1 aromatic carbocycles. The lowest BCUT2D eigenvalue weighted by Gasteiger charge is -2.12. The molecule has 21 heavy (non-hydrogen) atoms. The number of hydrogen-bond acceptors (Lipinski definition) is 5. The minimum Gasteiger partial charge on any atom is -0.454 e. The van der Waals surface area contributed by atoms with Crippen LogP contribution in [0.2, 0.25) is 0 Å². The Hall–Kier alpha value is -2.96. The van der Waals surface area contributed by atoms with Gasteiger partial charge >= 0.3 is 0 Å². The van der Waals surface area contributed by atoms with Gasteiger partial charge in [0, 0.05) is 11.8 Å². The zero-order valence-corrected chi connectivity index (χ0v) is 11.6. The lowest BCUT2D eigenvalue weighted by molar-refractivity contribution is -0.385. The lowest BCUT2D eigenvalue weighted by atomic mass is 10.1. The summed E-state index contributed by atoms with van der Waals surface area (Å²) in [5, 5.41) is 18.5. The number of nitrogen functional groups attached to an aromatic ring is 1. The van der Waals surface area contributed by atoms with E-state index >= 15 is 0 Å². The van der Waals surface area contributed by atoms with Crippen LogP contribution in [0.4, 0.5) is 5.69 Å². The second-order valence-electron chi connectivity index (χ2n) is 4.53. The highest BCUT2D eigenvalue weighted by atomic mass is 16.6. The zero-order chi connectivity index (χ0) is 15.6. The van der Waals surface area contributed by atoms with Crippen molar-refractivity contribution in [1.82, 2.24) is 4.98 Å². The van der Waals surface area contributed by atoms with E-state index in [0.29, 0.717) is 11.3 Å². The molecule has 3 N–H and O–H groups in total. The van der Waals surface area contributed by atoms with Gasteiger partial charge in [-0.05, 0) is 37.6 Å². The summed E-state index contributed by atoms with van der Waals surface area (Å²) in [7, 11) is 0. The fourth-order valence-electron chi connectivity index (χ4n) is 1.92. The van der Waals surface area contributed by atoms with Crippen LogP contribution in [0.15, 0.2) is 30.5 Å². The lowest BCUT2D eigenvalue weighted by Crippen LogP contribution is -2.14. The first-order valence-corrected chi connectivity index (χ1v) is 6.13. The van der Waals surface area contributed by atoms with Gasteiger partial charge in [0.15, 0.2) is 5.75 Å². The number of nitro groups is 1. The molecule has 0 radical (unpaired) electrons. The number of amidine groups is 1. The number of aromatic nitrogens is 1. The van der Waals surface area contributed by atoms with E-state index in [-0.39, 0.29) is 23.0 Å². The van der Waals surface area contributed by atoms with Gasteiger partial charge in [-0.15, -0.1) is 0 Å². The third-order valence-corrected chi connectivity index (χ3v) is 2.94. The van der Waals surface area contributed by atoms with E-state index < -0.39 is 4.92 Å². The minimum atomic E-state index is -0.462. The number of benzene rings is 1. The number of nitro benzene ring substituents is 1. The predicted molar refractivity (Wildman–Crippen MR) is 77.9 cm³/mol. The summed E-state index contributed by atoms with van der Waals surface area (Å²) in [5.74, 6) is 0.388. The Morgan fingerprint density at radius 2 is 2.05 bits per heavy atom. The van der Waals surface area contributed by atoms with Gasteiger partial charge < -0.3 is 10.5 Å². The summed E-state index contributed by atoms with van der Waals surface area (Å²) < 4.78 is 5.66. The molecule has 0 aliphatic heterocycles. The van der Waals surface area contributed by atoms with Crippen LogP contribution in [0.1, 0.15) is 16.8 Å². The maximum atomic E-state index is 11.0. The number of nitrogens with zero attached hydrogens (tertiary/aromatic N) is 2. The number of rotatable bonds is 4. The molecule has 0 saturated heterocycles. The van der Waals surface area contributed by atoms with Gasteiger partial charge in [-0.25, -0.2) is 4.98 Å². The number of aryl methyl sites for hydroxylation is 2. The third-order valence-electron chi connectivity index (χ3n) is 2.94. The molecule has 1 aromatic heterocycles. The van der Waals surface area contributed by atoms with Crippen molar-refractivity contribution in [2.24, 2.45) is 5.73 Å². The van der Waals surface area contributed by atoms with Crippen LogP contribution in [-0.2, 0) is 0 Å². The van der Waals surface area contributed by atoms with Crippen molar-refractivity contribution < 1.29 is 9.66 Å². The van der Waals surface area contributed by atoms with E-state index in [1.165, 1.54) is 12.3 Å². The normalized spacial score (nSPS) is 10.2.